The number of benzene rings is 1. The van der Waals surface area contributed by atoms with Gasteiger partial charge in [-0.2, -0.15) is 18.3 Å². The number of halogens is 4. The Bertz CT molecular complexity index is 1170. The van der Waals surface area contributed by atoms with Crippen molar-refractivity contribution in [2.24, 2.45) is 0 Å². The molecule has 3 heterocycles. The number of alkyl halides is 3. The fourth-order valence-electron chi connectivity index (χ4n) is 3.85. The molecule has 1 N–H and O–H groups in total. The van der Waals surface area contributed by atoms with Gasteiger partial charge in [0.25, 0.3) is 5.91 Å². The van der Waals surface area contributed by atoms with Gasteiger partial charge in [-0.05, 0) is 43.2 Å². The monoisotopic (exact) mass is 450 g/mol. The third-order valence-corrected chi connectivity index (χ3v) is 5.43. The lowest BCUT2D eigenvalue weighted by Gasteiger charge is -2.26. The van der Waals surface area contributed by atoms with Crippen LogP contribution in [-0.2, 0) is 11.0 Å². The lowest BCUT2D eigenvalue weighted by molar-refractivity contribution is -0.143. The predicted octanol–water partition coefficient (Wildman–Crippen LogP) is 4.02. The molecule has 0 saturated carbocycles. The van der Waals surface area contributed by atoms with E-state index in [1.807, 2.05) is 0 Å². The Hall–Kier alpha value is -3.50. The lowest BCUT2D eigenvalue weighted by atomic mass is 10.1. The summed E-state index contributed by atoms with van der Waals surface area (Å²) in [6, 6.07) is 4.43. The van der Waals surface area contributed by atoms with Gasteiger partial charge in [-0.25, -0.2) is 18.7 Å². The summed E-state index contributed by atoms with van der Waals surface area (Å²) in [5.74, 6) is -2.48. The van der Waals surface area contributed by atoms with Crippen LogP contribution in [0.15, 0.2) is 36.5 Å². The highest BCUT2D eigenvalue weighted by molar-refractivity contribution is 6.01. The summed E-state index contributed by atoms with van der Waals surface area (Å²) in [4.78, 5) is 30.3. The Morgan fingerprint density at radius 1 is 1.09 bits per heavy atom. The number of carboxylic acids is 1. The number of aromatic nitrogens is 3. The molecule has 3 aromatic rings. The first-order valence-electron chi connectivity index (χ1n) is 9.92. The highest BCUT2D eigenvalue weighted by atomic mass is 19.4. The number of likely N-dealkylation sites (tertiary alicyclic amines) is 1. The van der Waals surface area contributed by atoms with Crippen LogP contribution in [0.25, 0.3) is 16.9 Å². The third kappa shape index (κ3) is 4.02. The molecule has 1 unspecified atom stereocenters. The largest absolute Gasteiger partial charge is 0.480 e. The van der Waals surface area contributed by atoms with Crippen molar-refractivity contribution in [3.05, 3.63) is 53.6 Å². The summed E-state index contributed by atoms with van der Waals surface area (Å²) >= 11 is 0. The maximum atomic E-state index is 13.7. The van der Waals surface area contributed by atoms with Crippen molar-refractivity contribution in [1.29, 1.82) is 0 Å². The van der Waals surface area contributed by atoms with Crippen LogP contribution in [-0.4, -0.2) is 49.1 Å². The molecule has 168 valence electrons. The molecule has 7 nitrogen and oxygen atoms in total. The highest BCUT2D eigenvalue weighted by Crippen LogP contribution is 2.33. The van der Waals surface area contributed by atoms with Gasteiger partial charge in [0.05, 0.1) is 11.9 Å². The van der Waals surface area contributed by atoms with Gasteiger partial charge >= 0.3 is 12.1 Å². The molecule has 0 radical (unpaired) electrons. The van der Waals surface area contributed by atoms with Crippen molar-refractivity contribution < 1.29 is 32.3 Å². The number of nitrogens with zero attached hydrogens (tertiary/aromatic N) is 4. The second-order valence-corrected chi connectivity index (χ2v) is 7.53. The van der Waals surface area contributed by atoms with Gasteiger partial charge in [-0.15, -0.1) is 0 Å². The van der Waals surface area contributed by atoms with Crippen molar-refractivity contribution in [3.63, 3.8) is 0 Å². The zero-order valence-electron chi connectivity index (χ0n) is 16.6. The van der Waals surface area contributed by atoms with Crippen LogP contribution >= 0.6 is 0 Å². The van der Waals surface area contributed by atoms with Crippen molar-refractivity contribution in [3.8, 4) is 11.3 Å². The van der Waals surface area contributed by atoms with Gasteiger partial charge in [0.2, 0.25) is 0 Å². The lowest BCUT2D eigenvalue weighted by Crippen LogP contribution is -2.44. The van der Waals surface area contributed by atoms with E-state index in [9.17, 15) is 32.3 Å². The molecule has 1 amide bonds. The van der Waals surface area contributed by atoms with E-state index in [4.69, 9.17) is 0 Å². The van der Waals surface area contributed by atoms with Crippen molar-refractivity contribution in [2.45, 2.75) is 37.9 Å². The Kier molecular flexibility index (Phi) is 5.57. The number of hydrogen-bond acceptors (Lipinski definition) is 4. The summed E-state index contributed by atoms with van der Waals surface area (Å²) in [5.41, 5.74) is -1.64. The fourth-order valence-corrected chi connectivity index (χ4v) is 3.85. The molecule has 0 spiro atoms. The summed E-state index contributed by atoms with van der Waals surface area (Å²) in [6.45, 7) is 0.164. The number of carbonyl (C=O) groups excluding carboxylic acids is 1. The van der Waals surface area contributed by atoms with E-state index >= 15 is 0 Å². The van der Waals surface area contributed by atoms with E-state index in [0.717, 1.165) is 35.7 Å². The maximum absolute atomic E-state index is 13.7. The number of rotatable bonds is 3. The van der Waals surface area contributed by atoms with Crippen LogP contribution in [0.4, 0.5) is 17.6 Å². The van der Waals surface area contributed by atoms with Crippen molar-refractivity contribution in [2.75, 3.05) is 6.54 Å². The minimum absolute atomic E-state index is 0.120. The zero-order valence-corrected chi connectivity index (χ0v) is 16.6. The number of hydrogen-bond donors (Lipinski definition) is 1. The molecule has 0 bridgehead atoms. The van der Waals surface area contributed by atoms with Gasteiger partial charge in [-0.1, -0.05) is 12.8 Å². The predicted molar refractivity (Wildman–Crippen MR) is 104 cm³/mol. The Balaban J connectivity index is 1.87. The molecule has 4 rings (SSSR count). The Labute approximate surface area is 179 Å². The van der Waals surface area contributed by atoms with Crippen molar-refractivity contribution >= 4 is 17.5 Å². The summed E-state index contributed by atoms with van der Waals surface area (Å²) in [6.07, 6.45) is -1.64. The fraction of sp³-hybridized carbons (Fsp3) is 0.333. The van der Waals surface area contributed by atoms with E-state index < -0.39 is 35.6 Å². The minimum atomic E-state index is -4.81. The molecule has 11 heteroatoms. The first-order valence-corrected chi connectivity index (χ1v) is 9.92. The molecule has 0 aliphatic carbocycles. The Morgan fingerprint density at radius 3 is 2.47 bits per heavy atom. The topological polar surface area (TPSA) is 87.8 Å². The molecular weight excluding hydrogens is 432 g/mol. The average Bonchev–Trinajstić information content (AvgIpc) is 3.00. The number of carbonyl (C=O) groups is 2. The van der Waals surface area contributed by atoms with Gasteiger partial charge in [0, 0.05) is 12.1 Å². The molecular formula is C21H18F4N4O3. The standard InChI is InChI=1S/C21H18F4N4O3/c22-13-7-5-12(6-8-13)15-10-17(21(23,24)25)29-18(27-15)14(11-26-29)19(30)28-9-3-1-2-4-16(28)20(31)32/h5-8,10-11,16H,1-4,9H2,(H,31,32). The Morgan fingerprint density at radius 2 is 1.81 bits per heavy atom. The van der Waals surface area contributed by atoms with E-state index in [-0.39, 0.29) is 35.4 Å². The normalized spacial score (nSPS) is 17.4. The molecule has 1 aliphatic heterocycles. The summed E-state index contributed by atoms with van der Waals surface area (Å²) in [5, 5.41) is 13.3. The highest BCUT2D eigenvalue weighted by Gasteiger charge is 2.37. The van der Waals surface area contributed by atoms with Gasteiger partial charge < -0.3 is 10.0 Å². The number of amides is 1. The molecule has 1 saturated heterocycles. The number of aliphatic carboxylic acids is 1. The smallest absolute Gasteiger partial charge is 0.433 e. The quantitative estimate of drug-likeness (QED) is 0.609. The molecule has 1 atom stereocenters. The van der Waals surface area contributed by atoms with Gasteiger partial charge in [-0.3, -0.25) is 4.79 Å². The van der Waals surface area contributed by atoms with E-state index in [2.05, 4.69) is 10.1 Å². The molecule has 1 fully saturated rings. The van der Waals surface area contributed by atoms with Crippen LogP contribution in [0.3, 0.4) is 0 Å². The second-order valence-electron chi connectivity index (χ2n) is 7.53. The SMILES string of the molecule is O=C(O)C1CCCCCN1C(=O)c1cnn2c(C(F)(F)F)cc(-c3ccc(F)cc3)nc12. The first-order chi connectivity index (χ1) is 15.2. The van der Waals surface area contributed by atoms with Gasteiger partial charge in [0.1, 0.15) is 17.4 Å². The van der Waals surface area contributed by atoms with Gasteiger partial charge in [0.15, 0.2) is 11.3 Å². The average molecular weight is 450 g/mol. The molecule has 1 aromatic carbocycles. The summed E-state index contributed by atoms with van der Waals surface area (Å²) < 4.78 is 55.0. The van der Waals surface area contributed by atoms with Crippen LogP contribution in [0.1, 0.15) is 41.7 Å². The number of fused-ring (bicyclic) bond motifs is 1. The zero-order chi connectivity index (χ0) is 23.0. The molecule has 2 aromatic heterocycles. The first kappa shape index (κ1) is 21.7. The maximum Gasteiger partial charge on any atom is 0.433 e. The second kappa shape index (κ2) is 8.21. The van der Waals surface area contributed by atoms with Crippen LogP contribution in [0, 0.1) is 5.82 Å². The van der Waals surface area contributed by atoms with E-state index in [0.29, 0.717) is 17.4 Å². The van der Waals surface area contributed by atoms with Crippen LogP contribution < -0.4 is 0 Å². The summed E-state index contributed by atoms with van der Waals surface area (Å²) in [7, 11) is 0. The minimum Gasteiger partial charge on any atom is -0.480 e. The number of carboxylic acid groups (broad SMARTS) is 1. The molecule has 32 heavy (non-hydrogen) atoms. The molecule has 1 aliphatic rings. The van der Waals surface area contributed by atoms with Crippen molar-refractivity contribution in [1.82, 2.24) is 19.5 Å². The van der Waals surface area contributed by atoms with E-state index in [1.54, 1.807) is 0 Å². The van der Waals surface area contributed by atoms with E-state index in [1.165, 1.54) is 12.1 Å². The third-order valence-electron chi connectivity index (χ3n) is 5.43. The van der Waals surface area contributed by atoms with Crippen LogP contribution in [0.2, 0.25) is 0 Å². The van der Waals surface area contributed by atoms with Crippen LogP contribution in [0.5, 0.6) is 0 Å².